The molecule has 2 amide bonds. The highest BCUT2D eigenvalue weighted by atomic mass is 32.2. The first-order valence-corrected chi connectivity index (χ1v) is 9.38. The number of nitrogens with one attached hydrogen (secondary N) is 2. The van der Waals surface area contributed by atoms with Crippen LogP contribution in [0.2, 0.25) is 0 Å². The summed E-state index contributed by atoms with van der Waals surface area (Å²) < 4.78 is 7.03. The van der Waals surface area contributed by atoms with Crippen LogP contribution in [0, 0.1) is 0 Å². The highest BCUT2D eigenvalue weighted by Gasteiger charge is 2.11. The molecule has 0 aliphatic rings. The lowest BCUT2D eigenvalue weighted by Crippen LogP contribution is -2.18. The molecule has 3 rings (SSSR count). The summed E-state index contributed by atoms with van der Waals surface area (Å²) in [5.41, 5.74) is 1.99. The van der Waals surface area contributed by atoms with E-state index in [0.29, 0.717) is 16.4 Å². The molecule has 3 aromatic rings. The molecule has 144 valence electrons. The van der Waals surface area contributed by atoms with Crippen molar-refractivity contribution in [1.82, 2.24) is 20.1 Å². The number of carbonyl (C=O) groups excluding carboxylic acids is 2. The Balaban J connectivity index is 1.61. The van der Waals surface area contributed by atoms with Crippen molar-refractivity contribution in [2.45, 2.75) is 5.16 Å². The van der Waals surface area contributed by atoms with Gasteiger partial charge in [0.1, 0.15) is 12.1 Å². The second-order valence-electron chi connectivity index (χ2n) is 5.68. The summed E-state index contributed by atoms with van der Waals surface area (Å²) in [5.74, 6) is 0.531. The first-order chi connectivity index (χ1) is 13.6. The van der Waals surface area contributed by atoms with E-state index in [2.05, 4.69) is 20.8 Å². The molecule has 0 aliphatic carbocycles. The standard InChI is InChI=1S/C19H19N5O3S/c1-20-18(26)13-6-8-14(9-7-13)22-17(25)11-28-19-23-21-12-24(19)15-4-3-5-16(10-15)27-2/h3-10,12H,11H2,1-2H3,(H,20,26)(H,22,25). The lowest BCUT2D eigenvalue weighted by molar-refractivity contribution is -0.113. The molecule has 9 heteroatoms. The van der Waals surface area contributed by atoms with Crippen molar-refractivity contribution in [3.8, 4) is 11.4 Å². The van der Waals surface area contributed by atoms with Gasteiger partial charge in [-0.3, -0.25) is 14.2 Å². The van der Waals surface area contributed by atoms with Gasteiger partial charge in [0.15, 0.2) is 5.16 Å². The van der Waals surface area contributed by atoms with Crippen molar-refractivity contribution in [3.63, 3.8) is 0 Å². The number of anilines is 1. The van der Waals surface area contributed by atoms with Crippen LogP contribution in [-0.4, -0.2) is 46.5 Å². The number of benzene rings is 2. The van der Waals surface area contributed by atoms with E-state index in [9.17, 15) is 9.59 Å². The Kier molecular flexibility index (Phi) is 6.28. The van der Waals surface area contributed by atoms with Gasteiger partial charge in [0.05, 0.1) is 18.6 Å². The lowest BCUT2D eigenvalue weighted by atomic mass is 10.2. The molecule has 0 atom stereocenters. The van der Waals surface area contributed by atoms with Crippen LogP contribution >= 0.6 is 11.8 Å². The first kappa shape index (κ1) is 19.4. The molecule has 0 unspecified atom stereocenters. The summed E-state index contributed by atoms with van der Waals surface area (Å²) in [4.78, 5) is 23.8. The number of aromatic nitrogens is 3. The molecule has 2 aromatic carbocycles. The van der Waals surface area contributed by atoms with Gasteiger partial charge in [-0.2, -0.15) is 0 Å². The molecule has 1 heterocycles. The molecule has 1 aromatic heterocycles. The summed E-state index contributed by atoms with van der Waals surface area (Å²) in [6, 6.07) is 14.2. The van der Waals surface area contributed by atoms with Gasteiger partial charge in [-0.1, -0.05) is 17.8 Å². The second-order valence-corrected chi connectivity index (χ2v) is 6.62. The highest BCUT2D eigenvalue weighted by Crippen LogP contribution is 2.22. The number of rotatable bonds is 7. The van der Waals surface area contributed by atoms with E-state index in [0.717, 1.165) is 11.4 Å². The third-order valence-electron chi connectivity index (χ3n) is 3.84. The smallest absolute Gasteiger partial charge is 0.251 e. The number of carbonyl (C=O) groups is 2. The molecule has 0 radical (unpaired) electrons. The Labute approximate surface area is 166 Å². The highest BCUT2D eigenvalue weighted by molar-refractivity contribution is 7.99. The number of amides is 2. The summed E-state index contributed by atoms with van der Waals surface area (Å²) in [5, 5.41) is 14.0. The van der Waals surface area contributed by atoms with Crippen LogP contribution in [0.3, 0.4) is 0 Å². The molecular weight excluding hydrogens is 378 g/mol. The lowest BCUT2D eigenvalue weighted by Gasteiger charge is -2.08. The van der Waals surface area contributed by atoms with E-state index in [-0.39, 0.29) is 17.6 Å². The Morgan fingerprint density at radius 2 is 1.96 bits per heavy atom. The van der Waals surface area contributed by atoms with Gasteiger partial charge >= 0.3 is 0 Å². The normalized spacial score (nSPS) is 10.4. The minimum Gasteiger partial charge on any atom is -0.497 e. The molecular formula is C19H19N5O3S. The van der Waals surface area contributed by atoms with Gasteiger partial charge < -0.3 is 15.4 Å². The topological polar surface area (TPSA) is 98.1 Å². The van der Waals surface area contributed by atoms with Crippen LogP contribution in [0.25, 0.3) is 5.69 Å². The third-order valence-corrected chi connectivity index (χ3v) is 4.78. The molecule has 0 spiro atoms. The van der Waals surface area contributed by atoms with Crippen molar-refractivity contribution in [2.75, 3.05) is 25.2 Å². The minimum atomic E-state index is -0.183. The van der Waals surface area contributed by atoms with Crippen LogP contribution in [0.4, 0.5) is 5.69 Å². The Bertz CT molecular complexity index is 972. The fourth-order valence-electron chi connectivity index (χ4n) is 2.44. The SMILES string of the molecule is CNC(=O)c1ccc(NC(=O)CSc2nncn2-c2cccc(OC)c2)cc1. The van der Waals surface area contributed by atoms with Crippen molar-refractivity contribution in [2.24, 2.45) is 0 Å². The summed E-state index contributed by atoms with van der Waals surface area (Å²) in [6.07, 6.45) is 1.59. The molecule has 0 fully saturated rings. The number of thioether (sulfide) groups is 1. The summed E-state index contributed by atoms with van der Waals surface area (Å²) in [6.45, 7) is 0. The second kappa shape index (κ2) is 9.05. The van der Waals surface area contributed by atoms with Crippen LogP contribution in [0.5, 0.6) is 5.75 Å². The monoisotopic (exact) mass is 397 g/mol. The van der Waals surface area contributed by atoms with Gasteiger partial charge in [0, 0.05) is 24.4 Å². The van der Waals surface area contributed by atoms with Gasteiger partial charge in [0.25, 0.3) is 5.91 Å². The van der Waals surface area contributed by atoms with Gasteiger partial charge in [-0.25, -0.2) is 0 Å². The minimum absolute atomic E-state index is 0.167. The van der Waals surface area contributed by atoms with Crippen LogP contribution in [-0.2, 0) is 4.79 Å². The zero-order valence-electron chi connectivity index (χ0n) is 15.4. The predicted molar refractivity (Wildman–Crippen MR) is 107 cm³/mol. The van der Waals surface area contributed by atoms with Crippen LogP contribution in [0.1, 0.15) is 10.4 Å². The van der Waals surface area contributed by atoms with Crippen LogP contribution in [0.15, 0.2) is 60.0 Å². The molecule has 0 aliphatic heterocycles. The molecule has 28 heavy (non-hydrogen) atoms. The molecule has 0 saturated heterocycles. The first-order valence-electron chi connectivity index (χ1n) is 8.40. The quantitative estimate of drug-likeness (QED) is 0.594. The Morgan fingerprint density at radius 1 is 1.18 bits per heavy atom. The third kappa shape index (κ3) is 4.68. The van der Waals surface area contributed by atoms with Crippen molar-refractivity contribution < 1.29 is 14.3 Å². The fraction of sp³-hybridized carbons (Fsp3) is 0.158. The maximum absolute atomic E-state index is 12.2. The number of ether oxygens (including phenoxy) is 1. The predicted octanol–water partition coefficient (Wildman–Crippen LogP) is 2.37. The van der Waals surface area contributed by atoms with E-state index >= 15 is 0 Å². The van der Waals surface area contributed by atoms with E-state index in [1.54, 1.807) is 49.3 Å². The number of methoxy groups -OCH3 is 1. The molecule has 0 saturated carbocycles. The number of hydrogen-bond donors (Lipinski definition) is 2. The molecule has 0 bridgehead atoms. The Hall–Kier alpha value is -3.33. The average Bonchev–Trinajstić information content (AvgIpc) is 3.21. The van der Waals surface area contributed by atoms with E-state index < -0.39 is 0 Å². The maximum Gasteiger partial charge on any atom is 0.251 e. The summed E-state index contributed by atoms with van der Waals surface area (Å²) in [7, 11) is 3.17. The molecule has 8 nitrogen and oxygen atoms in total. The van der Waals surface area contributed by atoms with Gasteiger partial charge in [-0.15, -0.1) is 10.2 Å². The zero-order valence-corrected chi connectivity index (χ0v) is 16.2. The average molecular weight is 397 g/mol. The number of hydrogen-bond acceptors (Lipinski definition) is 6. The van der Waals surface area contributed by atoms with E-state index in [1.807, 2.05) is 24.3 Å². The van der Waals surface area contributed by atoms with Crippen molar-refractivity contribution >= 4 is 29.3 Å². The zero-order chi connectivity index (χ0) is 19.9. The maximum atomic E-state index is 12.2. The number of nitrogens with zero attached hydrogens (tertiary/aromatic N) is 3. The van der Waals surface area contributed by atoms with E-state index in [4.69, 9.17) is 4.74 Å². The van der Waals surface area contributed by atoms with Crippen molar-refractivity contribution in [1.29, 1.82) is 0 Å². The van der Waals surface area contributed by atoms with E-state index in [1.165, 1.54) is 11.8 Å². The summed E-state index contributed by atoms with van der Waals surface area (Å²) >= 11 is 1.27. The van der Waals surface area contributed by atoms with Crippen molar-refractivity contribution in [3.05, 3.63) is 60.4 Å². The largest absolute Gasteiger partial charge is 0.497 e. The van der Waals surface area contributed by atoms with Gasteiger partial charge in [-0.05, 0) is 36.4 Å². The fourth-order valence-corrected chi connectivity index (χ4v) is 3.17. The Morgan fingerprint density at radius 3 is 2.68 bits per heavy atom. The molecule has 2 N–H and O–H groups in total. The van der Waals surface area contributed by atoms with Crippen LogP contribution < -0.4 is 15.4 Å². The van der Waals surface area contributed by atoms with Gasteiger partial charge in [0.2, 0.25) is 5.91 Å².